The Morgan fingerprint density at radius 1 is 1.31 bits per heavy atom. The van der Waals surface area contributed by atoms with E-state index in [1.165, 1.54) is 30.2 Å². The van der Waals surface area contributed by atoms with Crippen LogP contribution in [0.4, 0.5) is 0 Å². The molecular weight excluding hydrogens is 244 g/mol. The van der Waals surface area contributed by atoms with Crippen LogP contribution in [-0.2, 0) is 0 Å². The monoisotopic (exact) mass is 258 g/mol. The van der Waals surface area contributed by atoms with Gasteiger partial charge in [-0.2, -0.15) is 0 Å². The lowest BCUT2D eigenvalue weighted by Gasteiger charge is -2.25. The van der Waals surface area contributed by atoms with Gasteiger partial charge in [0, 0.05) is 14.7 Å². The standard InChI is InChI=1S/C11H15BrS/c1-8-2-4-9(5-3-8)11-6-10(12)7-13-11/h6-9H,2-5H2,1H3. The number of rotatable bonds is 1. The summed E-state index contributed by atoms with van der Waals surface area (Å²) in [6.45, 7) is 2.38. The average Bonchev–Trinajstić information content (AvgIpc) is 2.53. The molecule has 0 radical (unpaired) electrons. The topological polar surface area (TPSA) is 0 Å². The molecule has 1 saturated carbocycles. The normalized spacial score (nSPS) is 29.1. The van der Waals surface area contributed by atoms with Gasteiger partial charge in [-0.15, -0.1) is 11.3 Å². The second kappa shape index (κ2) is 4.14. The Labute approximate surface area is 92.5 Å². The minimum Gasteiger partial charge on any atom is -0.147 e. The smallest absolute Gasteiger partial charge is 0.0285 e. The highest BCUT2D eigenvalue weighted by molar-refractivity contribution is 9.10. The number of thiophene rings is 1. The zero-order chi connectivity index (χ0) is 9.26. The molecule has 0 amide bonds. The molecule has 0 aromatic carbocycles. The number of hydrogen-bond acceptors (Lipinski definition) is 1. The van der Waals surface area contributed by atoms with Crippen molar-refractivity contribution in [2.24, 2.45) is 5.92 Å². The van der Waals surface area contributed by atoms with Crippen LogP contribution in [0.15, 0.2) is 15.9 Å². The highest BCUT2D eigenvalue weighted by Gasteiger charge is 2.20. The van der Waals surface area contributed by atoms with Crippen LogP contribution in [0.3, 0.4) is 0 Å². The number of hydrogen-bond donors (Lipinski definition) is 0. The van der Waals surface area contributed by atoms with E-state index in [4.69, 9.17) is 0 Å². The second-order valence-electron chi connectivity index (χ2n) is 4.12. The van der Waals surface area contributed by atoms with Crippen molar-refractivity contribution in [3.63, 3.8) is 0 Å². The maximum atomic E-state index is 3.52. The van der Waals surface area contributed by atoms with Gasteiger partial charge >= 0.3 is 0 Å². The highest BCUT2D eigenvalue weighted by Crippen LogP contribution is 2.38. The van der Waals surface area contributed by atoms with E-state index in [0.717, 1.165) is 11.8 Å². The molecule has 0 unspecified atom stereocenters. The molecule has 2 heteroatoms. The summed E-state index contributed by atoms with van der Waals surface area (Å²) in [5.74, 6) is 1.81. The first-order valence-electron chi connectivity index (χ1n) is 4.99. The van der Waals surface area contributed by atoms with Crippen molar-refractivity contribution in [3.8, 4) is 0 Å². The van der Waals surface area contributed by atoms with E-state index >= 15 is 0 Å². The van der Waals surface area contributed by atoms with Gasteiger partial charge in [0.1, 0.15) is 0 Å². The van der Waals surface area contributed by atoms with E-state index in [2.05, 4.69) is 34.3 Å². The zero-order valence-electron chi connectivity index (χ0n) is 7.92. The molecule has 0 saturated heterocycles. The molecule has 0 atom stereocenters. The van der Waals surface area contributed by atoms with Crippen molar-refractivity contribution >= 4 is 27.3 Å². The van der Waals surface area contributed by atoms with Gasteiger partial charge in [0.15, 0.2) is 0 Å². The van der Waals surface area contributed by atoms with Crippen LogP contribution in [0, 0.1) is 5.92 Å². The van der Waals surface area contributed by atoms with Crippen LogP contribution in [0.5, 0.6) is 0 Å². The fraction of sp³-hybridized carbons (Fsp3) is 0.636. The largest absolute Gasteiger partial charge is 0.147 e. The first-order chi connectivity index (χ1) is 6.25. The van der Waals surface area contributed by atoms with Gasteiger partial charge in [0.2, 0.25) is 0 Å². The first-order valence-corrected chi connectivity index (χ1v) is 6.67. The molecule has 1 aromatic heterocycles. The van der Waals surface area contributed by atoms with Gasteiger partial charge in [-0.25, -0.2) is 0 Å². The molecule has 0 nitrogen and oxygen atoms in total. The molecule has 2 rings (SSSR count). The average molecular weight is 259 g/mol. The van der Waals surface area contributed by atoms with E-state index in [0.29, 0.717) is 0 Å². The Morgan fingerprint density at radius 3 is 2.54 bits per heavy atom. The Bertz CT molecular complexity index is 271. The summed E-state index contributed by atoms with van der Waals surface area (Å²) in [5, 5.41) is 2.20. The van der Waals surface area contributed by atoms with Gasteiger partial charge in [-0.1, -0.05) is 19.8 Å². The minimum atomic E-state index is 0.854. The summed E-state index contributed by atoms with van der Waals surface area (Å²) in [4.78, 5) is 1.58. The molecule has 0 N–H and O–H groups in total. The zero-order valence-corrected chi connectivity index (χ0v) is 10.3. The molecule has 0 bridgehead atoms. The fourth-order valence-electron chi connectivity index (χ4n) is 2.09. The van der Waals surface area contributed by atoms with Crippen LogP contribution in [0.2, 0.25) is 0 Å². The van der Waals surface area contributed by atoms with Crippen molar-refractivity contribution < 1.29 is 0 Å². The summed E-state index contributed by atoms with van der Waals surface area (Å²) < 4.78 is 1.26. The van der Waals surface area contributed by atoms with E-state index < -0.39 is 0 Å². The molecule has 1 aliphatic carbocycles. The van der Waals surface area contributed by atoms with Crippen LogP contribution in [0.1, 0.15) is 43.4 Å². The van der Waals surface area contributed by atoms with Gasteiger partial charge < -0.3 is 0 Å². The fourth-order valence-corrected chi connectivity index (χ4v) is 3.71. The Morgan fingerprint density at radius 2 is 2.00 bits per heavy atom. The third-order valence-electron chi connectivity index (χ3n) is 3.01. The van der Waals surface area contributed by atoms with Crippen molar-refractivity contribution in [2.75, 3.05) is 0 Å². The molecule has 1 aromatic rings. The van der Waals surface area contributed by atoms with E-state index in [1.54, 1.807) is 4.88 Å². The predicted octanol–water partition coefficient (Wildman–Crippen LogP) is 4.80. The van der Waals surface area contributed by atoms with Crippen molar-refractivity contribution in [1.82, 2.24) is 0 Å². The van der Waals surface area contributed by atoms with Crippen molar-refractivity contribution in [1.29, 1.82) is 0 Å². The summed E-state index contributed by atoms with van der Waals surface area (Å²) >= 11 is 5.43. The summed E-state index contributed by atoms with van der Waals surface area (Å²) in [6.07, 6.45) is 5.63. The molecule has 1 heterocycles. The van der Waals surface area contributed by atoms with Crippen molar-refractivity contribution in [2.45, 2.75) is 38.5 Å². The Hall–Kier alpha value is 0.180. The van der Waals surface area contributed by atoms with Crippen LogP contribution in [-0.4, -0.2) is 0 Å². The SMILES string of the molecule is CC1CCC(c2cc(Br)cs2)CC1. The first kappa shape index (κ1) is 9.72. The lowest BCUT2D eigenvalue weighted by atomic mass is 9.82. The molecule has 72 valence electrons. The maximum Gasteiger partial charge on any atom is 0.0285 e. The second-order valence-corrected chi connectivity index (χ2v) is 5.98. The summed E-state index contributed by atoms with van der Waals surface area (Å²) in [7, 11) is 0. The van der Waals surface area contributed by atoms with Gasteiger partial charge in [0.25, 0.3) is 0 Å². The quantitative estimate of drug-likeness (QED) is 0.679. The number of halogens is 1. The molecule has 13 heavy (non-hydrogen) atoms. The highest BCUT2D eigenvalue weighted by atomic mass is 79.9. The van der Waals surface area contributed by atoms with Gasteiger partial charge in [-0.05, 0) is 46.7 Å². The van der Waals surface area contributed by atoms with Gasteiger partial charge in [-0.3, -0.25) is 0 Å². The molecule has 0 aliphatic heterocycles. The van der Waals surface area contributed by atoms with E-state index in [1.807, 2.05) is 11.3 Å². The molecule has 1 fully saturated rings. The minimum absolute atomic E-state index is 0.854. The van der Waals surface area contributed by atoms with Crippen LogP contribution >= 0.6 is 27.3 Å². The lowest BCUT2D eigenvalue weighted by molar-refractivity contribution is 0.350. The third-order valence-corrected chi connectivity index (χ3v) is 4.86. The molecule has 1 aliphatic rings. The third kappa shape index (κ3) is 2.35. The summed E-state index contributed by atoms with van der Waals surface area (Å²) in [5.41, 5.74) is 0. The van der Waals surface area contributed by atoms with Crippen LogP contribution < -0.4 is 0 Å². The maximum absolute atomic E-state index is 3.52. The predicted molar refractivity (Wildman–Crippen MR) is 62.4 cm³/mol. The molecule has 0 spiro atoms. The Balaban J connectivity index is 2.02. The van der Waals surface area contributed by atoms with E-state index in [-0.39, 0.29) is 0 Å². The Kier molecular flexibility index (Phi) is 3.10. The van der Waals surface area contributed by atoms with E-state index in [9.17, 15) is 0 Å². The van der Waals surface area contributed by atoms with Gasteiger partial charge in [0.05, 0.1) is 0 Å². The molecular formula is C11H15BrS. The summed E-state index contributed by atoms with van der Waals surface area (Å²) in [6, 6.07) is 2.30. The van der Waals surface area contributed by atoms with Crippen molar-refractivity contribution in [3.05, 3.63) is 20.8 Å². The van der Waals surface area contributed by atoms with Crippen LogP contribution in [0.25, 0.3) is 0 Å². The lowest BCUT2D eigenvalue weighted by Crippen LogP contribution is -2.09.